The highest BCUT2D eigenvalue weighted by molar-refractivity contribution is 6.67. The maximum atomic E-state index is 7.33. The number of hydrogen-bond acceptors (Lipinski definition) is 2. The molecule has 0 saturated heterocycles. The summed E-state index contributed by atoms with van der Waals surface area (Å²) >= 11 is 42.2. The molecule has 0 fully saturated rings. The molecule has 0 unspecified atom stereocenters. The van der Waals surface area contributed by atoms with Crippen molar-refractivity contribution >= 4 is 114 Å². The molecule has 0 spiro atoms. The molecule has 0 radical (unpaired) electrons. The summed E-state index contributed by atoms with van der Waals surface area (Å²) < 4.78 is 3.55. The first-order valence-electron chi connectivity index (χ1n) is 16.8. The van der Waals surface area contributed by atoms with Crippen LogP contribution in [-0.4, -0.2) is 18.6 Å². The van der Waals surface area contributed by atoms with Crippen LogP contribution in [0.4, 0.5) is 0 Å². The molecule has 4 aromatic carbocycles. The Morgan fingerprint density at radius 2 is 0.907 bits per heavy atom. The highest BCUT2D eigenvalue weighted by Crippen LogP contribution is 2.51. The third kappa shape index (κ3) is 5.77. The minimum Gasteiger partial charge on any atom is -0.308 e. The van der Waals surface area contributed by atoms with Gasteiger partial charge >= 0.3 is 0 Å². The van der Waals surface area contributed by atoms with Crippen LogP contribution in [0.5, 0.6) is 0 Å². The predicted octanol–water partition coefficient (Wildman–Crippen LogP) is 14.7. The van der Waals surface area contributed by atoms with Gasteiger partial charge in [-0.3, -0.25) is 0 Å². The second-order valence-corrected chi connectivity index (χ2v) is 14.8. The standard InChI is InChI=1S/C44H24Cl6N4/c45-36-32-24-29-22-21-28(51-29)23-31-33(25-13-5-1-6-14-25)34(26-15-7-2-8-16-26)43(53(31)30-19-11-4-12-20-30)35(27-17-9-3-10-18-27)41-37(46)38(47)42(52-41)40(49)44(39(36)48)54(32)50/h1-24H. The van der Waals surface area contributed by atoms with Gasteiger partial charge in [0.15, 0.2) is 0 Å². The van der Waals surface area contributed by atoms with Gasteiger partial charge in [-0.25, -0.2) is 14.1 Å². The van der Waals surface area contributed by atoms with E-state index in [2.05, 4.69) is 47.0 Å². The van der Waals surface area contributed by atoms with Crippen molar-refractivity contribution in [2.45, 2.75) is 0 Å². The second kappa shape index (κ2) is 14.1. The van der Waals surface area contributed by atoms with Crippen molar-refractivity contribution in [3.63, 3.8) is 0 Å². The normalized spacial score (nSPS) is 12.5. The number of halogens is 6. The number of rotatable bonds is 4. The van der Waals surface area contributed by atoms with Crippen molar-refractivity contribution in [3.8, 4) is 39.1 Å². The van der Waals surface area contributed by atoms with Crippen LogP contribution in [0.15, 0.2) is 133 Å². The molecule has 0 atom stereocenters. The average molecular weight is 821 g/mol. The third-order valence-corrected chi connectivity index (χ3v) is 11.8. The molecular formula is C44H24Cl6N4. The minimum atomic E-state index is 0.0751. The molecule has 0 amide bonds. The first-order chi connectivity index (χ1) is 26.3. The summed E-state index contributed by atoms with van der Waals surface area (Å²) in [5, 5.41) is 0.759. The molecular weight excluding hydrogens is 797 g/mol. The maximum Gasteiger partial charge on any atom is 0.105 e. The Labute approximate surface area is 340 Å². The van der Waals surface area contributed by atoms with Crippen LogP contribution in [0.3, 0.4) is 0 Å². The smallest absolute Gasteiger partial charge is 0.105 e. The second-order valence-electron chi connectivity index (χ2n) is 12.6. The minimum absolute atomic E-state index is 0.0751. The topological polar surface area (TPSA) is 35.6 Å². The van der Waals surface area contributed by atoms with Gasteiger partial charge in [0.2, 0.25) is 0 Å². The van der Waals surface area contributed by atoms with Crippen LogP contribution in [-0.2, 0) is 0 Å². The Balaban J connectivity index is 1.66. The van der Waals surface area contributed by atoms with E-state index in [1.54, 1.807) is 6.07 Å². The van der Waals surface area contributed by atoms with Gasteiger partial charge in [0, 0.05) is 34.2 Å². The zero-order valence-corrected chi connectivity index (χ0v) is 32.4. The molecule has 3 aromatic heterocycles. The van der Waals surface area contributed by atoms with Gasteiger partial charge in [0.25, 0.3) is 0 Å². The van der Waals surface area contributed by atoms with Gasteiger partial charge in [-0.2, -0.15) is 0 Å². The van der Waals surface area contributed by atoms with Gasteiger partial charge in [-0.1, -0.05) is 167 Å². The number of aromatic nitrogens is 4. The van der Waals surface area contributed by atoms with Crippen LogP contribution >= 0.6 is 69.8 Å². The summed E-state index contributed by atoms with van der Waals surface area (Å²) in [5.41, 5.74) is 10.7. The van der Waals surface area contributed by atoms with E-state index < -0.39 is 0 Å². The van der Waals surface area contributed by atoms with Crippen molar-refractivity contribution in [2.24, 2.45) is 0 Å². The van der Waals surface area contributed by atoms with E-state index in [4.69, 9.17) is 79.7 Å². The van der Waals surface area contributed by atoms with E-state index >= 15 is 0 Å². The van der Waals surface area contributed by atoms with E-state index in [-0.39, 0.29) is 36.3 Å². The first kappa shape index (κ1) is 35.0. The molecule has 8 bridgehead atoms. The number of fused-ring (bicyclic) bond motifs is 8. The molecule has 0 aliphatic carbocycles. The van der Waals surface area contributed by atoms with Gasteiger partial charge < -0.3 is 4.57 Å². The Hall–Kier alpha value is -4.78. The third-order valence-electron chi connectivity index (χ3n) is 9.42. The summed E-state index contributed by atoms with van der Waals surface area (Å²) in [7, 11) is 0. The van der Waals surface area contributed by atoms with Gasteiger partial charge in [-0.05, 0) is 53.1 Å². The monoisotopic (exact) mass is 818 g/mol. The lowest BCUT2D eigenvalue weighted by Crippen LogP contribution is -1.97. The Morgan fingerprint density at radius 1 is 0.426 bits per heavy atom. The van der Waals surface area contributed by atoms with E-state index in [0.29, 0.717) is 22.6 Å². The lowest BCUT2D eigenvalue weighted by molar-refractivity contribution is 1.17. The van der Waals surface area contributed by atoms with Crippen LogP contribution < -0.4 is 0 Å². The highest BCUT2D eigenvalue weighted by atomic mass is 35.5. The van der Waals surface area contributed by atoms with Gasteiger partial charge in [0.1, 0.15) is 5.69 Å². The summed E-state index contributed by atoms with van der Waals surface area (Å²) in [6.45, 7) is 0. The van der Waals surface area contributed by atoms with Crippen LogP contribution in [0, 0.1) is 0 Å². The van der Waals surface area contributed by atoms with Crippen LogP contribution in [0.25, 0.3) is 83.4 Å². The SMILES string of the molecule is ClC1=C(Cl)c2nc1c(Cl)c1c(Cl)c(Cl)c(cc3nc(cc4c(-c5ccccc5)c(-c5ccccc5)c(c2-c2ccccc2)n4-c2ccccc2)C=C3)n1Cl. The zero-order chi connectivity index (χ0) is 37.1. The van der Waals surface area contributed by atoms with Crippen molar-refractivity contribution in [3.05, 3.63) is 171 Å². The molecule has 0 N–H and O–H groups in total. The van der Waals surface area contributed by atoms with Crippen LogP contribution in [0.1, 0.15) is 22.8 Å². The largest absolute Gasteiger partial charge is 0.308 e. The van der Waals surface area contributed by atoms with Crippen molar-refractivity contribution in [1.29, 1.82) is 0 Å². The van der Waals surface area contributed by atoms with E-state index in [1.165, 1.54) is 4.09 Å². The van der Waals surface area contributed by atoms with Gasteiger partial charge in [0.05, 0.1) is 64.3 Å². The fourth-order valence-electron chi connectivity index (χ4n) is 7.07. The van der Waals surface area contributed by atoms with E-state index in [1.807, 2.05) is 97.1 Å². The first-order valence-corrected chi connectivity index (χ1v) is 19.1. The molecule has 2 aliphatic rings. The fourth-order valence-corrected chi connectivity index (χ4v) is 8.87. The fraction of sp³-hybridized carbons (Fsp3) is 0. The maximum absolute atomic E-state index is 7.33. The average Bonchev–Trinajstić information content (AvgIpc) is 3.93. The Morgan fingerprint density at radius 3 is 1.48 bits per heavy atom. The van der Waals surface area contributed by atoms with Crippen molar-refractivity contribution in [2.75, 3.05) is 0 Å². The highest BCUT2D eigenvalue weighted by Gasteiger charge is 2.30. The number of hydrogen-bond donors (Lipinski definition) is 0. The van der Waals surface area contributed by atoms with Crippen molar-refractivity contribution < 1.29 is 0 Å². The van der Waals surface area contributed by atoms with E-state index in [9.17, 15) is 0 Å². The molecule has 54 heavy (non-hydrogen) atoms. The quantitative estimate of drug-likeness (QED) is 0.177. The molecule has 0 saturated carbocycles. The number of para-hydroxylation sites is 1. The van der Waals surface area contributed by atoms with Crippen LogP contribution in [0.2, 0.25) is 15.1 Å². The molecule has 5 heterocycles. The number of benzene rings is 4. The van der Waals surface area contributed by atoms with Crippen molar-refractivity contribution in [1.82, 2.24) is 18.6 Å². The summed E-state index contributed by atoms with van der Waals surface area (Å²) in [5.74, 6) is 0. The van der Waals surface area contributed by atoms with E-state index in [0.717, 1.165) is 50.1 Å². The van der Waals surface area contributed by atoms with Gasteiger partial charge in [-0.15, -0.1) is 0 Å². The molecule has 10 heteroatoms. The lowest BCUT2D eigenvalue weighted by Gasteiger charge is -2.14. The zero-order valence-electron chi connectivity index (χ0n) is 27.9. The molecule has 2 aliphatic heterocycles. The Bertz CT molecular complexity index is 2860. The molecule has 7 aromatic rings. The summed E-state index contributed by atoms with van der Waals surface area (Å²) in [4.78, 5) is 10.2. The molecule has 9 rings (SSSR count). The predicted molar refractivity (Wildman–Crippen MR) is 230 cm³/mol. The summed E-state index contributed by atoms with van der Waals surface area (Å²) in [6, 6.07) is 44.7. The Kier molecular flexibility index (Phi) is 9.15. The molecule has 4 nitrogen and oxygen atoms in total. The number of nitrogens with zero attached hydrogens (tertiary/aromatic N) is 4. The molecule has 262 valence electrons. The summed E-state index contributed by atoms with van der Waals surface area (Å²) in [6.07, 6.45) is 3.87. The lowest BCUT2D eigenvalue weighted by atomic mass is 9.93.